The van der Waals surface area contributed by atoms with Crippen molar-refractivity contribution in [1.29, 1.82) is 0 Å². The summed E-state index contributed by atoms with van der Waals surface area (Å²) in [6.45, 7) is 17.8. The Balaban J connectivity index is 0.00000251. The van der Waals surface area contributed by atoms with E-state index in [-0.39, 0.29) is 47.2 Å². The molecule has 2 N–H and O–H groups in total. The maximum atomic E-state index is 12.9. The van der Waals surface area contributed by atoms with Crippen molar-refractivity contribution in [3.63, 3.8) is 0 Å². The van der Waals surface area contributed by atoms with Crippen molar-refractivity contribution in [2.24, 2.45) is 17.8 Å². The average molecular weight is 475 g/mol. The van der Waals surface area contributed by atoms with Crippen molar-refractivity contribution in [3.8, 4) is 0 Å². The van der Waals surface area contributed by atoms with Gasteiger partial charge in [0.2, 0.25) is 11.8 Å². The van der Waals surface area contributed by atoms with Crippen molar-refractivity contribution in [1.82, 2.24) is 10.2 Å². The van der Waals surface area contributed by atoms with Gasteiger partial charge in [0.1, 0.15) is 0 Å². The summed E-state index contributed by atoms with van der Waals surface area (Å²) >= 11 is 0. The number of carbonyl (C=O) groups excluding carboxylic acids is 2. The predicted molar refractivity (Wildman–Crippen MR) is 140 cm³/mol. The Bertz CT molecular complexity index is 810. The number of benzene rings is 1. The van der Waals surface area contributed by atoms with Gasteiger partial charge in [0.05, 0.1) is 12.6 Å². The lowest BCUT2D eigenvalue weighted by Crippen LogP contribution is -2.47. The Morgan fingerprint density at radius 2 is 1.56 bits per heavy atom. The zero-order valence-electron chi connectivity index (χ0n) is 22.8. The van der Waals surface area contributed by atoms with Gasteiger partial charge < -0.3 is 15.3 Å². The number of likely N-dealkylation sites (N-methyl/N-ethyl adjacent to an activating group) is 1. The molecular formula is C28H46N2O4. The zero-order valence-corrected chi connectivity index (χ0v) is 22.8. The second-order valence-corrected chi connectivity index (χ2v) is 10.4. The number of nitrogens with zero attached hydrogens (tertiary/aromatic N) is 1. The largest absolute Gasteiger partial charge is 0.478 e. The van der Waals surface area contributed by atoms with Crippen LogP contribution in [-0.4, -0.2) is 47.4 Å². The minimum atomic E-state index is -1.01. The fraction of sp³-hybridized carbons (Fsp3) is 0.607. The molecule has 0 aliphatic rings. The molecule has 0 aliphatic carbocycles. The molecule has 0 saturated heterocycles. The topological polar surface area (TPSA) is 86.7 Å². The number of amides is 2. The van der Waals surface area contributed by atoms with Gasteiger partial charge >= 0.3 is 5.97 Å². The monoisotopic (exact) mass is 474 g/mol. The van der Waals surface area contributed by atoms with E-state index in [1.54, 1.807) is 13.1 Å². The highest BCUT2D eigenvalue weighted by molar-refractivity contribution is 5.88. The molecule has 2 atom stereocenters. The molecule has 0 bridgehead atoms. The maximum absolute atomic E-state index is 12.9. The molecule has 0 aromatic heterocycles. The summed E-state index contributed by atoms with van der Waals surface area (Å²) in [5, 5.41) is 11.9. The molecule has 1 aromatic rings. The number of carboxylic acid groups (broad SMARTS) is 1. The first-order valence-electron chi connectivity index (χ1n) is 12.2. The number of nitrogens with one attached hydrogen (secondary N) is 1. The molecule has 0 heterocycles. The Kier molecular flexibility index (Phi) is 13.5. The smallest absolute Gasteiger partial charge is 0.331 e. The van der Waals surface area contributed by atoms with Crippen molar-refractivity contribution in [2.45, 2.75) is 80.2 Å². The van der Waals surface area contributed by atoms with Crippen molar-refractivity contribution in [3.05, 3.63) is 47.5 Å². The van der Waals surface area contributed by atoms with E-state index in [4.69, 9.17) is 5.11 Å². The van der Waals surface area contributed by atoms with Crippen LogP contribution in [0.4, 0.5) is 0 Å². The van der Waals surface area contributed by atoms with Crippen LogP contribution in [0.5, 0.6) is 0 Å². The molecule has 192 valence electrons. The standard InChI is InChI=1S/C24H36N2O4.C4H10/c1-8-19(24(5,6)18-12-10-9-11-13-18)22(28)25-15-21(27)26(7)20(16(2)3)14-17(4)23(29)30;1-4(2)3/h9-14,16,19-20H,8,15H2,1-7H3,(H,25,28)(H,29,30);4H,1-3H3/b17-14+;/t19-,20-;/m1./s1. The van der Waals surface area contributed by atoms with E-state index in [0.717, 1.165) is 11.5 Å². The molecule has 1 aromatic carbocycles. The summed E-state index contributed by atoms with van der Waals surface area (Å²) in [6.07, 6.45) is 2.23. The van der Waals surface area contributed by atoms with Crippen LogP contribution < -0.4 is 5.32 Å². The second kappa shape index (κ2) is 14.6. The number of hydrogen-bond acceptors (Lipinski definition) is 3. The van der Waals surface area contributed by atoms with Crippen LogP contribution in [-0.2, 0) is 19.8 Å². The van der Waals surface area contributed by atoms with Crippen LogP contribution in [0.1, 0.15) is 74.3 Å². The predicted octanol–water partition coefficient (Wildman–Crippen LogP) is 5.28. The zero-order chi connectivity index (χ0) is 26.6. The van der Waals surface area contributed by atoms with E-state index in [2.05, 4.69) is 26.1 Å². The minimum absolute atomic E-state index is 0.0318. The highest BCUT2D eigenvalue weighted by atomic mass is 16.4. The molecule has 0 aliphatic heterocycles. The maximum Gasteiger partial charge on any atom is 0.331 e. The van der Waals surface area contributed by atoms with Gasteiger partial charge in [-0.1, -0.05) is 91.8 Å². The quantitative estimate of drug-likeness (QED) is 0.452. The third-order valence-corrected chi connectivity index (χ3v) is 5.81. The highest BCUT2D eigenvalue weighted by Gasteiger charge is 2.35. The normalized spacial score (nSPS) is 13.6. The third kappa shape index (κ3) is 10.1. The second-order valence-electron chi connectivity index (χ2n) is 10.4. The summed E-state index contributed by atoms with van der Waals surface area (Å²) < 4.78 is 0. The van der Waals surface area contributed by atoms with Gasteiger partial charge in [0.15, 0.2) is 0 Å². The van der Waals surface area contributed by atoms with E-state index in [1.165, 1.54) is 11.8 Å². The highest BCUT2D eigenvalue weighted by Crippen LogP contribution is 2.33. The van der Waals surface area contributed by atoms with Crippen molar-refractivity contribution in [2.75, 3.05) is 13.6 Å². The first-order chi connectivity index (χ1) is 15.7. The fourth-order valence-electron chi connectivity index (χ4n) is 3.75. The van der Waals surface area contributed by atoms with Gasteiger partial charge in [-0.15, -0.1) is 0 Å². The Labute approximate surface area is 206 Å². The summed E-state index contributed by atoms with van der Waals surface area (Å²) in [7, 11) is 1.63. The lowest BCUT2D eigenvalue weighted by molar-refractivity contribution is -0.135. The van der Waals surface area contributed by atoms with E-state index in [9.17, 15) is 14.4 Å². The van der Waals surface area contributed by atoms with Gasteiger partial charge in [0.25, 0.3) is 0 Å². The van der Waals surface area contributed by atoms with Crippen LogP contribution >= 0.6 is 0 Å². The molecule has 0 unspecified atom stereocenters. The summed E-state index contributed by atoms with van der Waals surface area (Å²) in [4.78, 5) is 38.3. The molecule has 34 heavy (non-hydrogen) atoms. The van der Waals surface area contributed by atoms with Crippen molar-refractivity contribution >= 4 is 17.8 Å². The first kappa shape index (κ1) is 31.4. The SMILES string of the molecule is CC(C)C.CC[C@H](C(=O)NCC(=O)N(C)[C@H](/C=C(\C)C(=O)O)C(C)C)C(C)(C)c1ccccc1. The Morgan fingerprint density at radius 3 is 1.97 bits per heavy atom. The molecule has 0 spiro atoms. The molecule has 0 fully saturated rings. The summed E-state index contributed by atoms with van der Waals surface area (Å²) in [5.74, 6) is -0.851. The van der Waals surface area contributed by atoms with Crippen LogP contribution in [0.2, 0.25) is 0 Å². The molecule has 0 radical (unpaired) electrons. The summed E-state index contributed by atoms with van der Waals surface area (Å²) in [6, 6.07) is 9.52. The van der Waals surface area contributed by atoms with Gasteiger partial charge in [0, 0.05) is 24.0 Å². The van der Waals surface area contributed by atoms with Crippen LogP contribution in [0.3, 0.4) is 0 Å². The van der Waals surface area contributed by atoms with E-state index < -0.39 is 5.97 Å². The van der Waals surface area contributed by atoms with Crippen LogP contribution in [0, 0.1) is 17.8 Å². The third-order valence-electron chi connectivity index (χ3n) is 5.81. The molecule has 6 heteroatoms. The molecule has 6 nitrogen and oxygen atoms in total. The molecule has 1 rings (SSSR count). The molecule has 0 saturated carbocycles. The number of carbonyl (C=O) groups is 3. The average Bonchev–Trinajstić information content (AvgIpc) is 2.75. The number of rotatable bonds is 10. The fourth-order valence-corrected chi connectivity index (χ4v) is 3.75. The molecule has 2 amide bonds. The number of carboxylic acids is 1. The van der Waals surface area contributed by atoms with Crippen LogP contribution in [0.25, 0.3) is 0 Å². The molecular weight excluding hydrogens is 428 g/mol. The van der Waals surface area contributed by atoms with Gasteiger partial charge in [-0.3, -0.25) is 9.59 Å². The number of aliphatic carboxylic acids is 1. The van der Waals surface area contributed by atoms with E-state index >= 15 is 0 Å². The Hall–Kier alpha value is -2.63. The van der Waals surface area contributed by atoms with Crippen molar-refractivity contribution < 1.29 is 19.5 Å². The first-order valence-corrected chi connectivity index (χ1v) is 12.2. The Morgan fingerprint density at radius 1 is 1.06 bits per heavy atom. The number of hydrogen-bond donors (Lipinski definition) is 2. The van der Waals surface area contributed by atoms with E-state index in [1.807, 2.05) is 65.0 Å². The minimum Gasteiger partial charge on any atom is -0.478 e. The lowest BCUT2D eigenvalue weighted by Gasteiger charge is -2.34. The van der Waals surface area contributed by atoms with Gasteiger partial charge in [-0.05, 0) is 30.7 Å². The lowest BCUT2D eigenvalue weighted by atomic mass is 9.71. The van der Waals surface area contributed by atoms with E-state index in [0.29, 0.717) is 6.42 Å². The van der Waals surface area contributed by atoms with Gasteiger partial charge in [-0.2, -0.15) is 0 Å². The van der Waals surface area contributed by atoms with Crippen LogP contribution in [0.15, 0.2) is 42.0 Å². The summed E-state index contributed by atoms with van der Waals surface area (Å²) in [5.41, 5.74) is 0.884. The van der Waals surface area contributed by atoms with Gasteiger partial charge in [-0.25, -0.2) is 4.79 Å².